The Bertz CT molecular complexity index is 554. The molecule has 0 aliphatic carbocycles. The van der Waals surface area contributed by atoms with Crippen LogP contribution < -0.4 is 5.32 Å². The van der Waals surface area contributed by atoms with Crippen molar-refractivity contribution >= 4 is 45.0 Å². The van der Waals surface area contributed by atoms with E-state index in [0.717, 1.165) is 15.6 Å². The highest BCUT2D eigenvalue weighted by atomic mass is 79.9. The summed E-state index contributed by atoms with van der Waals surface area (Å²) in [6.07, 6.45) is 1.70. The van der Waals surface area contributed by atoms with Crippen molar-refractivity contribution in [1.29, 1.82) is 0 Å². The van der Waals surface area contributed by atoms with Gasteiger partial charge in [0.05, 0.1) is 12.0 Å². The van der Waals surface area contributed by atoms with Gasteiger partial charge >= 0.3 is 0 Å². The Labute approximate surface area is 118 Å². The van der Waals surface area contributed by atoms with Gasteiger partial charge in [0.15, 0.2) is 5.17 Å². The van der Waals surface area contributed by atoms with Gasteiger partial charge in [-0.2, -0.15) is 5.10 Å². The normalized spacial score (nSPS) is 17.7. The summed E-state index contributed by atoms with van der Waals surface area (Å²) in [6, 6.07) is 3.97. The van der Waals surface area contributed by atoms with Gasteiger partial charge in [-0.3, -0.25) is 4.79 Å². The number of rotatable bonds is 2. The van der Waals surface area contributed by atoms with Gasteiger partial charge < -0.3 is 5.32 Å². The zero-order valence-corrected chi connectivity index (χ0v) is 12.4. The number of amides is 1. The first-order valence-electron chi connectivity index (χ1n) is 5.37. The third-order valence-corrected chi connectivity index (χ3v) is 4.42. The van der Waals surface area contributed by atoms with Crippen LogP contribution in [0.4, 0.5) is 0 Å². The summed E-state index contributed by atoms with van der Waals surface area (Å²) in [5.74, 6) is 0.398. The average Bonchev–Trinajstić information content (AvgIpc) is 2.75. The molecule has 0 bridgehead atoms. The molecule has 1 heterocycles. The van der Waals surface area contributed by atoms with E-state index in [1.807, 2.05) is 19.1 Å². The molecule has 2 rings (SSSR count). The zero-order chi connectivity index (χ0) is 13.1. The minimum Gasteiger partial charge on any atom is -0.303 e. The van der Waals surface area contributed by atoms with Crippen molar-refractivity contribution in [3.05, 3.63) is 33.3 Å². The van der Waals surface area contributed by atoms with E-state index in [2.05, 4.69) is 38.4 Å². The standard InChI is InChI=1S/C12H12BrN3OS/c1-7-8(2)10(13)4-3-9(7)5-14-16-12-15-11(17)6-18-12/h3-5H,6H2,1-2H3,(H,15,16,17). The lowest BCUT2D eigenvalue weighted by atomic mass is 10.0. The molecule has 1 amide bonds. The number of amidine groups is 1. The van der Waals surface area contributed by atoms with Gasteiger partial charge in [0.25, 0.3) is 0 Å². The molecule has 1 aromatic rings. The predicted molar refractivity (Wildman–Crippen MR) is 79.2 cm³/mol. The second-order valence-corrected chi connectivity index (χ2v) is 5.69. The molecule has 1 aromatic carbocycles. The maximum Gasteiger partial charge on any atom is 0.236 e. The predicted octanol–water partition coefficient (Wildman–Crippen LogP) is 2.62. The lowest BCUT2D eigenvalue weighted by Crippen LogP contribution is -2.19. The molecule has 18 heavy (non-hydrogen) atoms. The molecule has 1 aliphatic rings. The Morgan fingerprint density at radius 2 is 2.17 bits per heavy atom. The Morgan fingerprint density at radius 1 is 1.39 bits per heavy atom. The second kappa shape index (κ2) is 5.67. The summed E-state index contributed by atoms with van der Waals surface area (Å²) < 4.78 is 1.09. The molecular weight excluding hydrogens is 314 g/mol. The van der Waals surface area contributed by atoms with Crippen LogP contribution in [0.5, 0.6) is 0 Å². The van der Waals surface area contributed by atoms with Gasteiger partial charge in [0.2, 0.25) is 5.91 Å². The molecule has 0 unspecified atom stereocenters. The van der Waals surface area contributed by atoms with Crippen molar-refractivity contribution < 1.29 is 4.79 Å². The van der Waals surface area contributed by atoms with Crippen LogP contribution in [0.3, 0.4) is 0 Å². The van der Waals surface area contributed by atoms with Gasteiger partial charge in [0, 0.05) is 4.47 Å². The summed E-state index contributed by atoms with van der Waals surface area (Å²) in [5, 5.41) is 11.2. The van der Waals surface area contributed by atoms with Crippen molar-refractivity contribution in [3.8, 4) is 0 Å². The second-order valence-electron chi connectivity index (χ2n) is 3.87. The molecule has 4 nitrogen and oxygen atoms in total. The van der Waals surface area contributed by atoms with E-state index in [4.69, 9.17) is 0 Å². The highest BCUT2D eigenvalue weighted by Gasteiger charge is 2.15. The van der Waals surface area contributed by atoms with Gasteiger partial charge in [-0.25, -0.2) is 0 Å². The molecule has 0 spiro atoms. The van der Waals surface area contributed by atoms with Gasteiger partial charge in [0.1, 0.15) is 0 Å². The number of halogens is 1. The molecule has 0 atom stereocenters. The molecular formula is C12H12BrN3OS. The number of hydrogen-bond acceptors (Lipinski definition) is 4. The zero-order valence-electron chi connectivity index (χ0n) is 10.0. The molecule has 0 radical (unpaired) electrons. The van der Waals surface area contributed by atoms with E-state index in [1.165, 1.54) is 17.3 Å². The lowest BCUT2D eigenvalue weighted by molar-refractivity contribution is -0.116. The Kier molecular flexibility index (Phi) is 4.19. The van der Waals surface area contributed by atoms with Crippen LogP contribution in [0.2, 0.25) is 0 Å². The number of carbonyl (C=O) groups is 1. The number of hydrogen-bond donors (Lipinski definition) is 1. The van der Waals surface area contributed by atoms with E-state index in [1.54, 1.807) is 6.21 Å². The molecule has 0 aromatic heterocycles. The van der Waals surface area contributed by atoms with Crippen molar-refractivity contribution in [2.24, 2.45) is 10.2 Å². The summed E-state index contributed by atoms with van der Waals surface area (Å²) in [7, 11) is 0. The first-order valence-corrected chi connectivity index (χ1v) is 7.15. The SMILES string of the molecule is Cc1c(Br)ccc(C=NN=C2NC(=O)CS2)c1C. The molecule has 1 aliphatic heterocycles. The Balaban J connectivity index is 2.15. The van der Waals surface area contributed by atoms with Crippen molar-refractivity contribution in [3.63, 3.8) is 0 Å². The smallest absolute Gasteiger partial charge is 0.236 e. The van der Waals surface area contributed by atoms with Crippen LogP contribution in [0.15, 0.2) is 26.8 Å². The molecule has 1 N–H and O–H groups in total. The number of benzene rings is 1. The fraction of sp³-hybridized carbons (Fsp3) is 0.250. The van der Waals surface area contributed by atoms with Crippen molar-refractivity contribution in [2.75, 3.05) is 5.75 Å². The maximum absolute atomic E-state index is 11.0. The highest BCUT2D eigenvalue weighted by molar-refractivity contribution is 9.10. The van der Waals surface area contributed by atoms with Crippen molar-refractivity contribution in [2.45, 2.75) is 13.8 Å². The summed E-state index contributed by atoms with van der Waals surface area (Å²) in [6.45, 7) is 4.09. The summed E-state index contributed by atoms with van der Waals surface area (Å²) >= 11 is 4.85. The van der Waals surface area contributed by atoms with Crippen LogP contribution in [0, 0.1) is 13.8 Å². The fourth-order valence-electron chi connectivity index (χ4n) is 1.47. The monoisotopic (exact) mass is 325 g/mol. The van der Waals surface area contributed by atoms with Crippen LogP contribution in [0.25, 0.3) is 0 Å². The summed E-state index contributed by atoms with van der Waals surface area (Å²) in [4.78, 5) is 11.0. The van der Waals surface area contributed by atoms with Gasteiger partial charge in [-0.1, -0.05) is 33.8 Å². The molecule has 94 valence electrons. The van der Waals surface area contributed by atoms with Crippen LogP contribution in [-0.4, -0.2) is 23.0 Å². The van der Waals surface area contributed by atoms with Gasteiger partial charge in [-0.05, 0) is 36.6 Å². The maximum atomic E-state index is 11.0. The van der Waals surface area contributed by atoms with E-state index >= 15 is 0 Å². The fourth-order valence-corrected chi connectivity index (χ4v) is 2.53. The van der Waals surface area contributed by atoms with Crippen molar-refractivity contribution in [1.82, 2.24) is 5.32 Å². The molecule has 1 saturated heterocycles. The van der Waals surface area contributed by atoms with E-state index in [0.29, 0.717) is 10.9 Å². The Morgan fingerprint density at radius 3 is 2.83 bits per heavy atom. The van der Waals surface area contributed by atoms with Crippen LogP contribution in [0.1, 0.15) is 16.7 Å². The average molecular weight is 326 g/mol. The summed E-state index contributed by atoms with van der Waals surface area (Å²) in [5.41, 5.74) is 3.38. The largest absolute Gasteiger partial charge is 0.303 e. The first kappa shape index (κ1) is 13.3. The van der Waals surface area contributed by atoms with E-state index < -0.39 is 0 Å². The number of thioether (sulfide) groups is 1. The molecule has 0 saturated carbocycles. The number of nitrogens with zero attached hydrogens (tertiary/aromatic N) is 2. The topological polar surface area (TPSA) is 53.8 Å². The first-order chi connectivity index (χ1) is 8.58. The van der Waals surface area contributed by atoms with Crippen LogP contribution in [-0.2, 0) is 4.79 Å². The van der Waals surface area contributed by atoms with Gasteiger partial charge in [-0.15, -0.1) is 5.10 Å². The third-order valence-electron chi connectivity index (χ3n) is 2.69. The third kappa shape index (κ3) is 3.00. The van der Waals surface area contributed by atoms with Crippen LogP contribution >= 0.6 is 27.7 Å². The molecule has 1 fully saturated rings. The van der Waals surface area contributed by atoms with E-state index in [9.17, 15) is 4.79 Å². The minimum atomic E-state index is -0.0235. The quantitative estimate of drug-likeness (QED) is 0.671. The number of nitrogens with one attached hydrogen (secondary N) is 1. The lowest BCUT2D eigenvalue weighted by Gasteiger charge is -2.05. The number of carbonyl (C=O) groups excluding carboxylic acids is 1. The highest BCUT2D eigenvalue weighted by Crippen LogP contribution is 2.21. The Hall–Kier alpha value is -1.14. The van der Waals surface area contributed by atoms with E-state index in [-0.39, 0.29) is 5.91 Å². The minimum absolute atomic E-state index is 0.0235. The molecule has 6 heteroatoms.